The van der Waals surface area contributed by atoms with E-state index in [-0.39, 0.29) is 11.5 Å². The standard InChI is InChI=1S/C16H16F4O2S/c17-14-5-4-10(22-16(18,19)20)8-13(14)15(21)9-6-11-2-1-3-12(7-9)23-11/h4-5,8-9,11-12H,1-3,6-7H2. The Morgan fingerprint density at radius 2 is 1.83 bits per heavy atom. The van der Waals surface area contributed by atoms with Crippen molar-refractivity contribution >= 4 is 17.5 Å². The molecule has 2 nitrogen and oxygen atoms in total. The molecule has 2 aliphatic heterocycles. The predicted molar refractivity (Wildman–Crippen MR) is 79.2 cm³/mol. The summed E-state index contributed by atoms with van der Waals surface area (Å²) in [4.78, 5) is 12.6. The second-order valence-corrected chi connectivity index (χ2v) is 7.64. The second kappa shape index (κ2) is 6.34. The quantitative estimate of drug-likeness (QED) is 0.570. The van der Waals surface area contributed by atoms with Gasteiger partial charge in [-0.3, -0.25) is 4.79 Å². The number of hydrogen-bond acceptors (Lipinski definition) is 3. The molecule has 0 amide bonds. The van der Waals surface area contributed by atoms with Crippen LogP contribution in [0.5, 0.6) is 5.75 Å². The van der Waals surface area contributed by atoms with Gasteiger partial charge in [0.15, 0.2) is 5.78 Å². The van der Waals surface area contributed by atoms with E-state index in [2.05, 4.69) is 4.74 Å². The molecule has 0 radical (unpaired) electrons. The first-order chi connectivity index (χ1) is 10.8. The summed E-state index contributed by atoms with van der Waals surface area (Å²) in [6.07, 6.45) is -0.286. The molecule has 1 aromatic carbocycles. The van der Waals surface area contributed by atoms with Crippen LogP contribution >= 0.6 is 11.8 Å². The van der Waals surface area contributed by atoms with E-state index < -0.39 is 23.7 Å². The third kappa shape index (κ3) is 4.00. The average molecular weight is 348 g/mol. The van der Waals surface area contributed by atoms with Gasteiger partial charge in [-0.15, -0.1) is 13.2 Å². The fourth-order valence-electron chi connectivity index (χ4n) is 3.38. The Balaban J connectivity index is 1.80. The Bertz CT molecular complexity index is 590. The molecule has 0 aromatic heterocycles. The minimum Gasteiger partial charge on any atom is -0.406 e. The lowest BCUT2D eigenvalue weighted by molar-refractivity contribution is -0.274. The number of benzene rings is 1. The van der Waals surface area contributed by atoms with Gasteiger partial charge in [-0.2, -0.15) is 11.8 Å². The zero-order valence-electron chi connectivity index (χ0n) is 12.2. The Morgan fingerprint density at radius 3 is 2.43 bits per heavy atom. The highest BCUT2D eigenvalue weighted by Gasteiger charge is 2.37. The number of halogens is 4. The molecule has 0 N–H and O–H groups in total. The normalized spacial score (nSPS) is 27.6. The van der Waals surface area contributed by atoms with Gasteiger partial charge < -0.3 is 4.74 Å². The van der Waals surface area contributed by atoms with Crippen molar-refractivity contribution in [3.05, 3.63) is 29.6 Å². The van der Waals surface area contributed by atoms with Gasteiger partial charge in [-0.1, -0.05) is 6.42 Å². The monoisotopic (exact) mass is 348 g/mol. The molecule has 2 fully saturated rings. The van der Waals surface area contributed by atoms with Crippen molar-refractivity contribution in [1.82, 2.24) is 0 Å². The van der Waals surface area contributed by atoms with Gasteiger partial charge in [0.05, 0.1) is 5.56 Å². The molecule has 7 heteroatoms. The highest BCUT2D eigenvalue weighted by atomic mass is 32.2. The van der Waals surface area contributed by atoms with Crippen molar-refractivity contribution in [2.45, 2.75) is 49.0 Å². The van der Waals surface area contributed by atoms with Crippen LogP contribution in [0.15, 0.2) is 18.2 Å². The summed E-state index contributed by atoms with van der Waals surface area (Å²) in [5, 5.41) is 0.795. The third-order valence-corrected chi connectivity index (χ3v) is 5.97. The van der Waals surface area contributed by atoms with Crippen LogP contribution in [0.2, 0.25) is 0 Å². The van der Waals surface area contributed by atoms with Crippen molar-refractivity contribution in [2.75, 3.05) is 0 Å². The minimum absolute atomic E-state index is 0.304. The van der Waals surface area contributed by atoms with Gasteiger partial charge in [0.2, 0.25) is 0 Å². The molecule has 0 saturated carbocycles. The van der Waals surface area contributed by atoms with Crippen molar-refractivity contribution < 1.29 is 27.1 Å². The van der Waals surface area contributed by atoms with Gasteiger partial charge in [-0.05, 0) is 43.9 Å². The maximum Gasteiger partial charge on any atom is 0.573 e. The molecule has 23 heavy (non-hydrogen) atoms. The van der Waals surface area contributed by atoms with E-state index >= 15 is 0 Å². The lowest BCUT2D eigenvalue weighted by atomic mass is 9.84. The summed E-state index contributed by atoms with van der Waals surface area (Å²) in [6, 6.07) is 2.60. The second-order valence-electron chi connectivity index (χ2n) is 6.03. The molecular formula is C16H16F4O2S. The summed E-state index contributed by atoms with van der Waals surface area (Å²) < 4.78 is 54.6. The molecule has 2 atom stereocenters. The zero-order chi connectivity index (χ0) is 16.6. The number of alkyl halides is 3. The Hall–Kier alpha value is -1.24. The highest BCUT2D eigenvalue weighted by Crippen LogP contribution is 2.45. The van der Waals surface area contributed by atoms with E-state index in [4.69, 9.17) is 0 Å². The maximum atomic E-state index is 13.9. The van der Waals surface area contributed by atoms with Crippen LogP contribution in [0.1, 0.15) is 42.5 Å². The zero-order valence-corrected chi connectivity index (χ0v) is 13.1. The number of ketones is 1. The first-order valence-electron chi connectivity index (χ1n) is 7.57. The fourth-order valence-corrected chi connectivity index (χ4v) is 5.22. The summed E-state index contributed by atoms with van der Waals surface area (Å²) in [5.74, 6) is -2.09. The smallest absolute Gasteiger partial charge is 0.406 e. The van der Waals surface area contributed by atoms with E-state index in [9.17, 15) is 22.4 Å². The largest absolute Gasteiger partial charge is 0.573 e. The van der Waals surface area contributed by atoms with Crippen LogP contribution in [0.25, 0.3) is 0 Å². The molecule has 2 aliphatic rings. The first-order valence-corrected chi connectivity index (χ1v) is 8.51. The van der Waals surface area contributed by atoms with Crippen LogP contribution in [0.4, 0.5) is 17.6 Å². The van der Waals surface area contributed by atoms with E-state index in [0.29, 0.717) is 23.3 Å². The Morgan fingerprint density at radius 1 is 1.17 bits per heavy atom. The number of rotatable bonds is 3. The lowest BCUT2D eigenvalue weighted by Gasteiger charge is -2.38. The SMILES string of the molecule is O=C(c1cc(OC(F)(F)F)ccc1F)C1CC2CCCC(C1)S2. The molecule has 126 valence electrons. The van der Waals surface area contributed by atoms with Crippen LogP contribution in [0, 0.1) is 11.7 Å². The lowest BCUT2D eigenvalue weighted by Crippen LogP contribution is -2.33. The molecule has 2 unspecified atom stereocenters. The molecule has 1 aromatic rings. The predicted octanol–water partition coefficient (Wildman–Crippen LogP) is 4.97. The van der Waals surface area contributed by atoms with Crippen molar-refractivity contribution in [1.29, 1.82) is 0 Å². The molecule has 0 aliphatic carbocycles. The molecular weight excluding hydrogens is 332 g/mol. The Labute approximate surface area is 135 Å². The van der Waals surface area contributed by atoms with E-state index in [1.165, 1.54) is 0 Å². The van der Waals surface area contributed by atoms with Crippen LogP contribution in [0.3, 0.4) is 0 Å². The first kappa shape index (κ1) is 16.6. The molecule has 2 bridgehead atoms. The molecule has 2 heterocycles. The maximum absolute atomic E-state index is 13.9. The topological polar surface area (TPSA) is 26.3 Å². The van der Waals surface area contributed by atoms with E-state index in [0.717, 1.165) is 37.5 Å². The van der Waals surface area contributed by atoms with Crippen molar-refractivity contribution in [3.63, 3.8) is 0 Å². The third-order valence-electron chi connectivity index (χ3n) is 4.34. The summed E-state index contributed by atoms with van der Waals surface area (Å²) in [7, 11) is 0. The average Bonchev–Trinajstić information content (AvgIpc) is 2.46. The molecule has 2 saturated heterocycles. The van der Waals surface area contributed by atoms with Crippen LogP contribution in [-0.2, 0) is 0 Å². The number of carbonyl (C=O) groups excluding carboxylic acids is 1. The molecule has 0 spiro atoms. The van der Waals surface area contributed by atoms with Crippen molar-refractivity contribution in [2.24, 2.45) is 5.92 Å². The van der Waals surface area contributed by atoms with E-state index in [1.807, 2.05) is 11.8 Å². The fraction of sp³-hybridized carbons (Fsp3) is 0.562. The Kier molecular flexibility index (Phi) is 4.58. The summed E-state index contributed by atoms with van der Waals surface area (Å²) in [5.41, 5.74) is -0.304. The number of fused-ring (bicyclic) bond motifs is 2. The molecule has 3 rings (SSSR count). The van der Waals surface area contributed by atoms with E-state index in [1.54, 1.807) is 0 Å². The summed E-state index contributed by atoms with van der Waals surface area (Å²) in [6.45, 7) is 0. The number of thioether (sulfide) groups is 1. The van der Waals surface area contributed by atoms with Crippen LogP contribution < -0.4 is 4.74 Å². The van der Waals surface area contributed by atoms with Gasteiger partial charge in [-0.25, -0.2) is 4.39 Å². The summed E-state index contributed by atoms with van der Waals surface area (Å²) >= 11 is 1.89. The van der Waals surface area contributed by atoms with Gasteiger partial charge in [0, 0.05) is 16.4 Å². The van der Waals surface area contributed by atoms with Crippen LogP contribution in [-0.4, -0.2) is 22.6 Å². The van der Waals surface area contributed by atoms with Gasteiger partial charge in [0.25, 0.3) is 0 Å². The number of hydrogen-bond donors (Lipinski definition) is 0. The van der Waals surface area contributed by atoms with Gasteiger partial charge in [0.1, 0.15) is 11.6 Å². The highest BCUT2D eigenvalue weighted by molar-refractivity contribution is 8.00. The minimum atomic E-state index is -4.86. The number of ether oxygens (including phenoxy) is 1. The van der Waals surface area contributed by atoms with Gasteiger partial charge >= 0.3 is 6.36 Å². The van der Waals surface area contributed by atoms with Crippen molar-refractivity contribution in [3.8, 4) is 5.75 Å². The number of Topliss-reactive ketones (excluding diaryl/α,β-unsaturated/α-hetero) is 1. The number of carbonyl (C=O) groups is 1.